The third-order valence-electron chi connectivity index (χ3n) is 3.45. The summed E-state index contributed by atoms with van der Waals surface area (Å²) in [6.45, 7) is 8.79. The number of nitrogens with two attached hydrogens (primary N) is 1. The highest BCUT2D eigenvalue weighted by Gasteiger charge is 2.19. The summed E-state index contributed by atoms with van der Waals surface area (Å²) < 4.78 is 5.53. The summed E-state index contributed by atoms with van der Waals surface area (Å²) in [5.41, 5.74) is 7.65. The maximum atomic E-state index is 6.01. The number of halogens is 1. The molecule has 0 aliphatic carbocycles. The van der Waals surface area contributed by atoms with Crippen LogP contribution in [0.15, 0.2) is 16.4 Å². The molecule has 0 aromatic carbocycles. The van der Waals surface area contributed by atoms with Crippen LogP contribution in [0.4, 0.5) is 0 Å². The van der Waals surface area contributed by atoms with Crippen molar-refractivity contribution in [3.63, 3.8) is 0 Å². The lowest BCUT2D eigenvalue weighted by molar-refractivity contribution is 0.0151. The maximum absolute atomic E-state index is 6.01. The molecule has 4 atom stereocenters. The van der Waals surface area contributed by atoms with Crippen LogP contribution in [0.25, 0.3) is 0 Å². The van der Waals surface area contributed by atoms with Crippen molar-refractivity contribution in [3.05, 3.63) is 11.4 Å². The average Bonchev–Trinajstić information content (AvgIpc) is 2.35. The second-order valence-electron chi connectivity index (χ2n) is 5.32. The van der Waals surface area contributed by atoms with Crippen LogP contribution in [-0.2, 0) is 4.74 Å². The summed E-state index contributed by atoms with van der Waals surface area (Å²) in [6, 6.07) is 0.496. The van der Waals surface area contributed by atoms with E-state index in [2.05, 4.69) is 17.2 Å². The zero-order valence-corrected chi connectivity index (χ0v) is 13.1. The molecule has 5 heteroatoms. The van der Waals surface area contributed by atoms with Crippen molar-refractivity contribution in [1.82, 2.24) is 5.32 Å². The number of aliphatic imine (C=N–C) groups is 1. The van der Waals surface area contributed by atoms with Gasteiger partial charge in [0.05, 0.1) is 23.2 Å². The predicted molar refractivity (Wildman–Crippen MR) is 81.7 cm³/mol. The summed E-state index contributed by atoms with van der Waals surface area (Å²) in [5, 5.41) is 3.46. The van der Waals surface area contributed by atoms with Gasteiger partial charge in [0.25, 0.3) is 0 Å². The molecule has 1 fully saturated rings. The van der Waals surface area contributed by atoms with E-state index in [1.807, 2.05) is 20.8 Å². The number of ether oxygens (including phenoxy) is 1. The molecule has 19 heavy (non-hydrogen) atoms. The summed E-state index contributed by atoms with van der Waals surface area (Å²) >= 11 is 5.96. The van der Waals surface area contributed by atoms with Crippen LogP contribution < -0.4 is 11.1 Å². The average molecular weight is 288 g/mol. The van der Waals surface area contributed by atoms with E-state index >= 15 is 0 Å². The second-order valence-corrected chi connectivity index (χ2v) is 6.01. The van der Waals surface area contributed by atoms with Gasteiger partial charge in [-0.2, -0.15) is 0 Å². The van der Waals surface area contributed by atoms with Crippen molar-refractivity contribution in [2.45, 2.75) is 64.1 Å². The monoisotopic (exact) mass is 287 g/mol. The first kappa shape index (κ1) is 16.3. The Hall–Kier alpha value is -0.740. The van der Waals surface area contributed by atoms with Crippen LogP contribution >= 0.6 is 11.6 Å². The van der Waals surface area contributed by atoms with Crippen molar-refractivity contribution in [2.24, 2.45) is 10.7 Å². The molecule has 0 amide bonds. The Bertz CT molecular complexity index is 342. The molecule has 110 valence electrons. The van der Waals surface area contributed by atoms with E-state index in [1.165, 1.54) is 0 Å². The fraction of sp³-hybridized carbons (Fsp3) is 0.786. The largest absolute Gasteiger partial charge is 0.396 e. The molecule has 1 unspecified atom stereocenters. The van der Waals surface area contributed by atoms with E-state index in [1.54, 1.807) is 6.21 Å². The van der Waals surface area contributed by atoms with Crippen molar-refractivity contribution in [2.75, 3.05) is 6.61 Å². The molecule has 1 saturated heterocycles. The minimum absolute atomic E-state index is 0.00802. The summed E-state index contributed by atoms with van der Waals surface area (Å²) in [5.74, 6) is 0. The minimum atomic E-state index is 0.00802. The topological polar surface area (TPSA) is 59.6 Å². The van der Waals surface area contributed by atoms with E-state index in [0.717, 1.165) is 25.1 Å². The van der Waals surface area contributed by atoms with Crippen LogP contribution in [0.1, 0.15) is 40.5 Å². The molecule has 3 N–H and O–H groups in total. The van der Waals surface area contributed by atoms with E-state index < -0.39 is 0 Å². The van der Waals surface area contributed by atoms with Gasteiger partial charge in [-0.25, -0.2) is 0 Å². The first-order valence-electron chi connectivity index (χ1n) is 6.92. The van der Waals surface area contributed by atoms with E-state index in [4.69, 9.17) is 22.1 Å². The molecule has 4 nitrogen and oxygen atoms in total. The zero-order valence-electron chi connectivity index (χ0n) is 12.3. The number of rotatable bonds is 5. The van der Waals surface area contributed by atoms with E-state index in [0.29, 0.717) is 17.8 Å². The van der Waals surface area contributed by atoms with Crippen molar-refractivity contribution >= 4 is 17.8 Å². The van der Waals surface area contributed by atoms with Gasteiger partial charge in [0, 0.05) is 24.6 Å². The van der Waals surface area contributed by atoms with Crippen molar-refractivity contribution in [1.29, 1.82) is 0 Å². The van der Waals surface area contributed by atoms with E-state index in [9.17, 15) is 0 Å². The Morgan fingerprint density at radius 3 is 2.79 bits per heavy atom. The number of nitrogens with zero attached hydrogens (tertiary/aromatic N) is 1. The molecule has 0 spiro atoms. The molecule has 1 heterocycles. The van der Waals surface area contributed by atoms with Crippen LogP contribution in [-0.4, -0.2) is 36.4 Å². The number of hydrogen-bond acceptors (Lipinski definition) is 4. The quantitative estimate of drug-likeness (QED) is 0.603. The van der Waals surface area contributed by atoms with Gasteiger partial charge in [-0.3, -0.25) is 4.99 Å². The molecule has 1 aliphatic rings. The highest BCUT2D eigenvalue weighted by Crippen LogP contribution is 2.14. The summed E-state index contributed by atoms with van der Waals surface area (Å²) in [7, 11) is 0. The Labute approximate surface area is 121 Å². The van der Waals surface area contributed by atoms with Gasteiger partial charge < -0.3 is 15.8 Å². The highest BCUT2D eigenvalue weighted by atomic mass is 35.5. The van der Waals surface area contributed by atoms with Gasteiger partial charge in [0.1, 0.15) is 0 Å². The predicted octanol–water partition coefficient (Wildman–Crippen LogP) is 2.42. The Morgan fingerprint density at radius 2 is 2.21 bits per heavy atom. The van der Waals surface area contributed by atoms with Gasteiger partial charge in [-0.05, 0) is 40.5 Å². The SMILES string of the molecule is C/C(N[C@@H]1CCO[C@H](C)C1)=C(N)\C=N/[C@H](C)C(C)Cl. The Kier molecular flexibility index (Phi) is 6.66. The third kappa shape index (κ3) is 5.83. The van der Waals surface area contributed by atoms with Gasteiger partial charge >= 0.3 is 0 Å². The fourth-order valence-corrected chi connectivity index (χ4v) is 2.00. The molecular weight excluding hydrogens is 262 g/mol. The number of allylic oxidation sites excluding steroid dienone is 2. The third-order valence-corrected chi connectivity index (χ3v) is 3.82. The standard InChI is InChI=1S/C14H26ClN3O/c1-9-7-13(5-6-19-9)18-12(4)14(16)8-17-11(3)10(2)15/h8-11,13,18H,5-7,16H2,1-4H3/b14-12-,17-8-/t9-,10?,11-,13-/m1/s1. The Balaban J connectivity index is 2.53. The second kappa shape index (κ2) is 7.75. The van der Waals surface area contributed by atoms with Crippen LogP contribution in [0.3, 0.4) is 0 Å². The molecule has 1 aliphatic heterocycles. The molecule has 0 bridgehead atoms. The number of alkyl halides is 1. The highest BCUT2D eigenvalue weighted by molar-refractivity contribution is 6.20. The fourth-order valence-electron chi connectivity index (χ4n) is 1.93. The van der Waals surface area contributed by atoms with Crippen LogP contribution in [0, 0.1) is 0 Å². The van der Waals surface area contributed by atoms with Crippen molar-refractivity contribution in [3.8, 4) is 0 Å². The maximum Gasteiger partial charge on any atom is 0.0685 e. The lowest BCUT2D eigenvalue weighted by Crippen LogP contribution is -2.38. The van der Waals surface area contributed by atoms with Gasteiger partial charge in [-0.1, -0.05) is 0 Å². The smallest absolute Gasteiger partial charge is 0.0685 e. The van der Waals surface area contributed by atoms with Gasteiger partial charge in [0.15, 0.2) is 0 Å². The van der Waals surface area contributed by atoms with Crippen LogP contribution in [0.2, 0.25) is 0 Å². The first-order valence-corrected chi connectivity index (χ1v) is 7.35. The normalized spacial score (nSPS) is 28.9. The minimum Gasteiger partial charge on any atom is -0.396 e. The molecular formula is C14H26ClN3O. The number of nitrogens with one attached hydrogen (secondary N) is 1. The summed E-state index contributed by atoms with van der Waals surface area (Å²) in [4.78, 5) is 4.35. The van der Waals surface area contributed by atoms with E-state index in [-0.39, 0.29) is 11.4 Å². The molecule has 0 aromatic heterocycles. The molecule has 0 aromatic rings. The van der Waals surface area contributed by atoms with Gasteiger partial charge in [-0.15, -0.1) is 11.6 Å². The molecule has 0 radical (unpaired) electrons. The number of hydrogen-bond donors (Lipinski definition) is 2. The molecule has 0 saturated carbocycles. The first-order chi connectivity index (χ1) is 8.90. The Morgan fingerprint density at radius 1 is 1.53 bits per heavy atom. The van der Waals surface area contributed by atoms with Crippen LogP contribution in [0.5, 0.6) is 0 Å². The van der Waals surface area contributed by atoms with Gasteiger partial charge in [0.2, 0.25) is 0 Å². The lowest BCUT2D eigenvalue weighted by Gasteiger charge is -2.29. The zero-order chi connectivity index (χ0) is 14.4. The summed E-state index contributed by atoms with van der Waals surface area (Å²) in [6.07, 6.45) is 4.04. The lowest BCUT2D eigenvalue weighted by atomic mass is 10.0. The van der Waals surface area contributed by atoms with Crippen molar-refractivity contribution < 1.29 is 4.74 Å². The molecule has 1 rings (SSSR count).